The van der Waals surface area contributed by atoms with Crippen LogP contribution in [-0.2, 0) is 11.8 Å². The van der Waals surface area contributed by atoms with Crippen molar-refractivity contribution in [2.45, 2.75) is 44.2 Å². The molecule has 1 aliphatic carbocycles. The number of aliphatic carboxylic acids is 1. The minimum atomic E-state index is -0.828. The first kappa shape index (κ1) is 13.4. The van der Waals surface area contributed by atoms with Crippen LogP contribution in [0.4, 0.5) is 0 Å². The van der Waals surface area contributed by atoms with E-state index in [1.165, 1.54) is 24.6 Å². The number of aromatic nitrogens is 3. The molecule has 5 nitrogen and oxygen atoms in total. The van der Waals surface area contributed by atoms with Gasteiger partial charge in [-0.2, -0.15) is 0 Å². The van der Waals surface area contributed by atoms with E-state index in [-0.39, 0.29) is 11.2 Å². The molecule has 1 aromatic rings. The molecule has 0 spiro atoms. The normalized spacial score (nSPS) is 22.3. The molecule has 100 valence electrons. The van der Waals surface area contributed by atoms with Crippen molar-refractivity contribution in [3.63, 3.8) is 0 Å². The lowest BCUT2D eigenvalue weighted by atomic mass is 9.81. The first-order valence-electron chi connectivity index (χ1n) is 6.15. The van der Waals surface area contributed by atoms with Crippen LogP contribution >= 0.6 is 11.8 Å². The molecule has 0 radical (unpaired) electrons. The van der Waals surface area contributed by atoms with Gasteiger partial charge < -0.3 is 9.67 Å². The summed E-state index contributed by atoms with van der Waals surface area (Å²) in [6.45, 7) is 4.53. The number of carboxylic acid groups (broad SMARTS) is 1. The number of carbonyl (C=O) groups is 1. The van der Waals surface area contributed by atoms with Gasteiger partial charge in [0.05, 0.1) is 5.75 Å². The lowest BCUT2D eigenvalue weighted by molar-refractivity contribution is -0.133. The van der Waals surface area contributed by atoms with Crippen LogP contribution in [0.5, 0.6) is 0 Å². The predicted octanol–water partition coefficient (Wildman–Crippen LogP) is 2.29. The van der Waals surface area contributed by atoms with E-state index in [0.717, 1.165) is 12.2 Å². The highest BCUT2D eigenvalue weighted by Gasteiger charge is 2.38. The van der Waals surface area contributed by atoms with Gasteiger partial charge in [-0.25, -0.2) is 0 Å². The van der Waals surface area contributed by atoms with E-state index in [9.17, 15) is 4.79 Å². The van der Waals surface area contributed by atoms with Crippen LogP contribution < -0.4 is 0 Å². The van der Waals surface area contributed by atoms with Crippen molar-refractivity contribution in [1.82, 2.24) is 14.8 Å². The molecule has 1 atom stereocenters. The van der Waals surface area contributed by atoms with Crippen LogP contribution in [0.15, 0.2) is 5.16 Å². The van der Waals surface area contributed by atoms with E-state index in [1.54, 1.807) is 0 Å². The molecule has 1 N–H and O–H groups in total. The highest BCUT2D eigenvalue weighted by Crippen LogP contribution is 2.48. The van der Waals surface area contributed by atoms with E-state index < -0.39 is 5.97 Å². The minimum Gasteiger partial charge on any atom is -0.481 e. The Balaban J connectivity index is 2.18. The Kier molecular flexibility index (Phi) is 3.66. The first-order chi connectivity index (χ1) is 8.42. The molecule has 1 heterocycles. The zero-order valence-corrected chi connectivity index (χ0v) is 11.8. The standard InChI is InChI=1S/C12H19N3O2S/c1-12(2)6-4-5-8(12)10-13-14-11(15(10)3)18-7-9(16)17/h8H,4-7H2,1-3H3,(H,16,17). The third-order valence-corrected chi connectivity index (χ3v) is 4.77. The number of nitrogens with zero attached hydrogens (tertiary/aromatic N) is 3. The van der Waals surface area contributed by atoms with Gasteiger partial charge in [0.1, 0.15) is 5.82 Å². The number of thioether (sulfide) groups is 1. The topological polar surface area (TPSA) is 68.0 Å². The van der Waals surface area contributed by atoms with Crippen molar-refractivity contribution < 1.29 is 9.90 Å². The zero-order valence-electron chi connectivity index (χ0n) is 11.0. The maximum atomic E-state index is 10.6. The Hall–Kier alpha value is -1.04. The van der Waals surface area contributed by atoms with E-state index in [1.807, 2.05) is 11.6 Å². The number of hydrogen-bond donors (Lipinski definition) is 1. The molecule has 0 aromatic carbocycles. The largest absolute Gasteiger partial charge is 0.481 e. The van der Waals surface area contributed by atoms with Crippen molar-refractivity contribution in [2.24, 2.45) is 12.5 Å². The van der Waals surface area contributed by atoms with Gasteiger partial charge in [-0.15, -0.1) is 10.2 Å². The number of hydrogen-bond acceptors (Lipinski definition) is 4. The quantitative estimate of drug-likeness (QED) is 0.849. The van der Waals surface area contributed by atoms with Gasteiger partial charge in [-0.3, -0.25) is 4.79 Å². The summed E-state index contributed by atoms with van der Waals surface area (Å²) in [4.78, 5) is 10.6. The third kappa shape index (κ3) is 2.53. The molecular weight excluding hydrogens is 250 g/mol. The molecule has 1 saturated carbocycles. The van der Waals surface area contributed by atoms with Crippen LogP contribution in [0, 0.1) is 5.41 Å². The highest BCUT2D eigenvalue weighted by molar-refractivity contribution is 7.99. The van der Waals surface area contributed by atoms with Gasteiger partial charge >= 0.3 is 5.97 Å². The SMILES string of the molecule is Cn1c(SCC(=O)O)nnc1C1CCCC1(C)C. The molecule has 2 rings (SSSR count). The van der Waals surface area contributed by atoms with Crippen molar-refractivity contribution in [3.05, 3.63) is 5.82 Å². The summed E-state index contributed by atoms with van der Waals surface area (Å²) in [6, 6.07) is 0. The summed E-state index contributed by atoms with van der Waals surface area (Å²) < 4.78 is 1.95. The summed E-state index contributed by atoms with van der Waals surface area (Å²) in [5.41, 5.74) is 0.259. The van der Waals surface area contributed by atoms with Crippen LogP contribution in [-0.4, -0.2) is 31.6 Å². The van der Waals surface area contributed by atoms with Crippen molar-refractivity contribution in [3.8, 4) is 0 Å². The maximum absolute atomic E-state index is 10.6. The fourth-order valence-corrected chi connectivity index (χ4v) is 3.33. The summed E-state index contributed by atoms with van der Waals surface area (Å²) in [6.07, 6.45) is 3.58. The summed E-state index contributed by atoms with van der Waals surface area (Å²) in [5.74, 6) is 0.616. The molecular formula is C12H19N3O2S. The lowest BCUT2D eigenvalue weighted by Crippen LogP contribution is -2.19. The van der Waals surface area contributed by atoms with Crippen LogP contribution in [0.25, 0.3) is 0 Å². The molecule has 1 unspecified atom stereocenters. The van der Waals surface area contributed by atoms with Gasteiger partial charge in [0.2, 0.25) is 0 Å². The van der Waals surface area contributed by atoms with Gasteiger partial charge in [0.15, 0.2) is 5.16 Å². The van der Waals surface area contributed by atoms with Crippen molar-refractivity contribution in [1.29, 1.82) is 0 Å². The van der Waals surface area contributed by atoms with Gasteiger partial charge in [-0.1, -0.05) is 32.0 Å². The van der Waals surface area contributed by atoms with Crippen molar-refractivity contribution >= 4 is 17.7 Å². The Morgan fingerprint density at radius 1 is 1.56 bits per heavy atom. The Morgan fingerprint density at radius 3 is 2.83 bits per heavy atom. The second-order valence-corrected chi connectivity index (χ2v) is 6.46. The molecule has 1 fully saturated rings. The summed E-state index contributed by atoms with van der Waals surface area (Å²) >= 11 is 1.22. The maximum Gasteiger partial charge on any atom is 0.313 e. The third-order valence-electron chi connectivity index (χ3n) is 3.76. The molecule has 0 bridgehead atoms. The molecule has 0 amide bonds. The minimum absolute atomic E-state index is 0.0278. The van der Waals surface area contributed by atoms with Crippen LogP contribution in [0.3, 0.4) is 0 Å². The zero-order chi connectivity index (χ0) is 13.3. The Morgan fingerprint density at radius 2 is 2.28 bits per heavy atom. The molecule has 18 heavy (non-hydrogen) atoms. The van der Waals surface area contributed by atoms with Crippen LogP contribution in [0.2, 0.25) is 0 Å². The average molecular weight is 269 g/mol. The van der Waals surface area contributed by atoms with Gasteiger partial charge in [0, 0.05) is 13.0 Å². The molecule has 0 saturated heterocycles. The van der Waals surface area contributed by atoms with E-state index in [2.05, 4.69) is 24.0 Å². The van der Waals surface area contributed by atoms with E-state index in [0.29, 0.717) is 11.1 Å². The molecule has 1 aromatic heterocycles. The highest BCUT2D eigenvalue weighted by atomic mass is 32.2. The van der Waals surface area contributed by atoms with Gasteiger partial charge in [0.25, 0.3) is 0 Å². The molecule has 1 aliphatic rings. The number of carboxylic acids is 1. The Bertz CT molecular complexity index is 456. The Labute approximate surface area is 111 Å². The fourth-order valence-electron chi connectivity index (χ4n) is 2.69. The average Bonchev–Trinajstić information content (AvgIpc) is 2.79. The molecule has 6 heteroatoms. The predicted molar refractivity (Wildman–Crippen MR) is 69.7 cm³/mol. The molecule has 0 aliphatic heterocycles. The van der Waals surface area contributed by atoms with Gasteiger partial charge in [-0.05, 0) is 18.3 Å². The summed E-state index contributed by atoms with van der Waals surface area (Å²) in [5, 5.41) is 17.8. The second-order valence-electron chi connectivity index (χ2n) is 5.52. The lowest BCUT2D eigenvalue weighted by Gasteiger charge is -2.25. The number of rotatable bonds is 4. The summed E-state index contributed by atoms with van der Waals surface area (Å²) in [7, 11) is 1.92. The van der Waals surface area contributed by atoms with Crippen molar-refractivity contribution in [2.75, 3.05) is 5.75 Å². The van der Waals surface area contributed by atoms with E-state index in [4.69, 9.17) is 5.11 Å². The van der Waals surface area contributed by atoms with Crippen LogP contribution in [0.1, 0.15) is 44.9 Å². The second kappa shape index (κ2) is 4.91. The fraction of sp³-hybridized carbons (Fsp3) is 0.750. The first-order valence-corrected chi connectivity index (χ1v) is 7.14. The smallest absolute Gasteiger partial charge is 0.313 e. The van der Waals surface area contributed by atoms with E-state index >= 15 is 0 Å². The monoisotopic (exact) mass is 269 g/mol.